The van der Waals surface area contributed by atoms with Crippen LogP contribution in [0.2, 0.25) is 0 Å². The van der Waals surface area contributed by atoms with E-state index in [0.29, 0.717) is 0 Å². The molecule has 0 aliphatic rings. The molecule has 0 aromatic rings. The Morgan fingerprint density at radius 1 is 1.50 bits per heavy atom. The summed E-state index contributed by atoms with van der Waals surface area (Å²) >= 11 is 4.07. The Morgan fingerprint density at radius 3 is 2.12 bits per heavy atom. The topological polar surface area (TPSA) is 9.23 Å². The van der Waals surface area contributed by atoms with Gasteiger partial charge in [0.25, 0.3) is 0 Å². The number of rotatable bonds is 2. The third kappa shape index (κ3) is 5.84. The first kappa shape index (κ1) is 7.84. The second kappa shape index (κ2) is 2.99. The van der Waals surface area contributed by atoms with E-state index >= 15 is 0 Å². The van der Waals surface area contributed by atoms with E-state index in [4.69, 9.17) is 0 Å². The van der Waals surface area contributed by atoms with Crippen molar-refractivity contribution in [3.8, 4) is 0 Å². The predicted molar refractivity (Wildman–Crippen MR) is 25.7 cm³/mol. The fraction of sp³-hybridized carbons (Fsp3) is 0.667. The Hall–Kier alpha value is -0.160. The van der Waals surface area contributed by atoms with Crippen LogP contribution in [0.1, 0.15) is 0 Å². The van der Waals surface area contributed by atoms with Crippen molar-refractivity contribution in [2.24, 2.45) is 0 Å². The molecule has 0 atom stereocenters. The Labute approximate surface area is 49.4 Å². The van der Waals surface area contributed by atoms with Crippen LogP contribution < -0.4 is 0 Å². The molecular formula is C3H3F3OS. The van der Waals surface area contributed by atoms with Crippen molar-refractivity contribution in [3.63, 3.8) is 0 Å². The van der Waals surface area contributed by atoms with Gasteiger partial charge in [-0.05, 0) is 0 Å². The van der Waals surface area contributed by atoms with Gasteiger partial charge in [-0.1, -0.05) is 12.2 Å². The van der Waals surface area contributed by atoms with Gasteiger partial charge < -0.3 is 0 Å². The van der Waals surface area contributed by atoms with Gasteiger partial charge in [-0.3, -0.25) is 4.74 Å². The van der Waals surface area contributed by atoms with E-state index < -0.39 is 13.0 Å². The van der Waals surface area contributed by atoms with Crippen molar-refractivity contribution in [2.45, 2.75) is 6.36 Å². The molecule has 0 aromatic carbocycles. The minimum absolute atomic E-state index is 0.557. The molecule has 0 N–H and O–H groups in total. The number of thiocarbonyl (C=S) groups is 1. The van der Waals surface area contributed by atoms with Crippen molar-refractivity contribution in [1.29, 1.82) is 0 Å². The monoisotopic (exact) mass is 144 g/mol. The molecule has 0 unspecified atom stereocenters. The van der Waals surface area contributed by atoms with Crippen LogP contribution in [0.25, 0.3) is 0 Å². The van der Waals surface area contributed by atoms with Crippen LogP contribution in [0.15, 0.2) is 0 Å². The Kier molecular flexibility index (Phi) is 2.93. The van der Waals surface area contributed by atoms with E-state index in [1.54, 1.807) is 0 Å². The Balaban J connectivity index is 3.24. The van der Waals surface area contributed by atoms with Crippen LogP contribution in [0.4, 0.5) is 13.2 Å². The van der Waals surface area contributed by atoms with Gasteiger partial charge in [0.1, 0.15) is 0 Å². The molecule has 0 aromatic heterocycles. The smallest absolute Gasteiger partial charge is 0.287 e. The lowest BCUT2D eigenvalue weighted by molar-refractivity contribution is -0.317. The maximum absolute atomic E-state index is 11.0. The average Bonchev–Trinajstić information content (AvgIpc) is 1.59. The summed E-state index contributed by atoms with van der Waals surface area (Å²) in [5.74, 6) is 0. The van der Waals surface area contributed by atoms with E-state index in [9.17, 15) is 13.2 Å². The number of ether oxygens (including phenoxy) is 1. The number of halogens is 3. The molecule has 0 rings (SSSR count). The van der Waals surface area contributed by atoms with Crippen LogP contribution in [0.3, 0.4) is 0 Å². The van der Waals surface area contributed by atoms with Crippen LogP contribution in [0, 0.1) is 0 Å². The molecule has 0 heterocycles. The SMILES string of the molecule is FC(F)(F)OCC=S. The standard InChI is InChI=1S/C3H3F3OS/c4-3(5,6)7-1-2-8/h2H,1H2. The summed E-state index contributed by atoms with van der Waals surface area (Å²) in [7, 11) is 0. The highest BCUT2D eigenvalue weighted by Crippen LogP contribution is 2.14. The minimum Gasteiger partial charge on any atom is -0.287 e. The summed E-state index contributed by atoms with van der Waals surface area (Å²) < 4.78 is 36.1. The molecule has 8 heavy (non-hydrogen) atoms. The first-order valence-corrected chi connectivity index (χ1v) is 2.18. The lowest BCUT2D eigenvalue weighted by Gasteiger charge is -2.01. The van der Waals surface area contributed by atoms with E-state index in [1.807, 2.05) is 0 Å². The Morgan fingerprint density at radius 2 is 2.00 bits per heavy atom. The van der Waals surface area contributed by atoms with Crippen molar-refractivity contribution < 1.29 is 17.9 Å². The summed E-state index contributed by atoms with van der Waals surface area (Å²) in [6.07, 6.45) is -4.55. The second-order valence-electron chi connectivity index (χ2n) is 0.923. The summed E-state index contributed by atoms with van der Waals surface area (Å²) in [5, 5.41) is 0.869. The largest absolute Gasteiger partial charge is 0.522 e. The zero-order valence-electron chi connectivity index (χ0n) is 3.73. The minimum atomic E-state index is -4.55. The molecule has 5 heteroatoms. The summed E-state index contributed by atoms with van der Waals surface area (Å²) in [5.41, 5.74) is 0. The van der Waals surface area contributed by atoms with Gasteiger partial charge in [0.05, 0.1) is 6.61 Å². The van der Waals surface area contributed by atoms with E-state index in [0.717, 1.165) is 5.37 Å². The molecule has 0 spiro atoms. The van der Waals surface area contributed by atoms with Gasteiger partial charge >= 0.3 is 6.36 Å². The number of hydrogen-bond acceptors (Lipinski definition) is 2. The van der Waals surface area contributed by atoms with Gasteiger partial charge in [-0.25, -0.2) is 0 Å². The zero-order valence-corrected chi connectivity index (χ0v) is 4.55. The third-order valence-corrected chi connectivity index (χ3v) is 0.451. The van der Waals surface area contributed by atoms with E-state index in [2.05, 4.69) is 17.0 Å². The molecule has 0 amide bonds. The summed E-state index contributed by atoms with van der Waals surface area (Å²) in [4.78, 5) is 0. The summed E-state index contributed by atoms with van der Waals surface area (Å²) in [6.45, 7) is -0.557. The Bertz CT molecular complexity index is 79.1. The van der Waals surface area contributed by atoms with Crippen LogP contribution in [-0.2, 0) is 4.74 Å². The molecule has 0 saturated carbocycles. The average molecular weight is 144 g/mol. The highest BCUT2D eigenvalue weighted by atomic mass is 32.1. The molecule has 0 aliphatic carbocycles. The summed E-state index contributed by atoms with van der Waals surface area (Å²) in [6, 6.07) is 0. The fourth-order valence-corrected chi connectivity index (χ4v) is 0.197. The molecule has 0 radical (unpaired) electrons. The molecule has 0 bridgehead atoms. The molecule has 48 valence electrons. The van der Waals surface area contributed by atoms with Gasteiger partial charge in [-0.15, -0.1) is 13.2 Å². The second-order valence-corrected chi connectivity index (χ2v) is 1.26. The lowest BCUT2D eigenvalue weighted by atomic mass is 10.9. The van der Waals surface area contributed by atoms with Crippen LogP contribution in [-0.4, -0.2) is 18.3 Å². The first-order valence-electron chi connectivity index (χ1n) is 1.70. The van der Waals surface area contributed by atoms with Crippen molar-refractivity contribution in [3.05, 3.63) is 0 Å². The van der Waals surface area contributed by atoms with Gasteiger partial charge in [-0.2, -0.15) is 0 Å². The fourth-order valence-electron chi connectivity index (χ4n) is 0.129. The molecule has 0 saturated heterocycles. The number of alkyl halides is 3. The van der Waals surface area contributed by atoms with Crippen molar-refractivity contribution >= 4 is 17.6 Å². The number of hydrogen-bond donors (Lipinski definition) is 0. The molecule has 0 fully saturated rings. The normalized spacial score (nSPS) is 11.4. The van der Waals surface area contributed by atoms with Gasteiger partial charge in [0.15, 0.2) is 0 Å². The predicted octanol–water partition coefficient (Wildman–Crippen LogP) is 1.52. The quantitative estimate of drug-likeness (QED) is 0.543. The van der Waals surface area contributed by atoms with Crippen molar-refractivity contribution in [1.82, 2.24) is 0 Å². The maximum atomic E-state index is 11.0. The van der Waals surface area contributed by atoms with Crippen molar-refractivity contribution in [2.75, 3.05) is 6.61 Å². The highest BCUT2D eigenvalue weighted by Gasteiger charge is 2.27. The lowest BCUT2D eigenvalue weighted by Crippen LogP contribution is -2.14. The van der Waals surface area contributed by atoms with Gasteiger partial charge in [0, 0.05) is 5.37 Å². The van der Waals surface area contributed by atoms with E-state index in [-0.39, 0.29) is 0 Å². The highest BCUT2D eigenvalue weighted by molar-refractivity contribution is 7.79. The molecular weight excluding hydrogens is 141 g/mol. The first-order chi connectivity index (χ1) is 3.56. The third-order valence-electron chi connectivity index (χ3n) is 0.315. The van der Waals surface area contributed by atoms with E-state index in [1.165, 1.54) is 0 Å². The molecule has 0 aliphatic heterocycles. The van der Waals surface area contributed by atoms with Gasteiger partial charge in [0.2, 0.25) is 0 Å². The zero-order chi connectivity index (χ0) is 6.62. The van der Waals surface area contributed by atoms with Crippen LogP contribution in [0.5, 0.6) is 0 Å². The van der Waals surface area contributed by atoms with Crippen LogP contribution >= 0.6 is 12.2 Å². The maximum Gasteiger partial charge on any atom is 0.522 e. The molecule has 1 nitrogen and oxygen atoms in total.